The van der Waals surface area contributed by atoms with Crippen LogP contribution in [0.2, 0.25) is 0 Å². The third-order valence-electron chi connectivity index (χ3n) is 13.0. The minimum absolute atomic E-state index is 0.0230. The first-order chi connectivity index (χ1) is 29.4. The van der Waals surface area contributed by atoms with Gasteiger partial charge in [0.1, 0.15) is 0 Å². The number of carbonyl (C=O) groups is 1. The van der Waals surface area contributed by atoms with Crippen LogP contribution >= 0.6 is 0 Å². The van der Waals surface area contributed by atoms with Crippen LogP contribution in [0.15, 0.2) is 158 Å². The Hall–Kier alpha value is -6.47. The summed E-state index contributed by atoms with van der Waals surface area (Å²) in [6.07, 6.45) is 9.44. The van der Waals surface area contributed by atoms with E-state index in [-0.39, 0.29) is 30.0 Å². The molecule has 6 aromatic rings. The lowest BCUT2D eigenvalue weighted by Crippen LogP contribution is -2.47. The Kier molecular flexibility index (Phi) is 9.83. The molecule has 4 aromatic carbocycles. The second-order valence-corrected chi connectivity index (χ2v) is 17.1. The van der Waals surface area contributed by atoms with Gasteiger partial charge in [-0.3, -0.25) is 14.8 Å². The lowest BCUT2D eigenvalue weighted by molar-refractivity contribution is -0.109. The summed E-state index contributed by atoms with van der Waals surface area (Å²) in [5.74, 6) is 0.0230. The van der Waals surface area contributed by atoms with Gasteiger partial charge in [-0.05, 0) is 86.1 Å². The molecule has 0 N–H and O–H groups in total. The van der Waals surface area contributed by atoms with Crippen molar-refractivity contribution in [1.82, 2.24) is 19.8 Å². The third kappa shape index (κ3) is 6.39. The average Bonchev–Trinajstić information content (AvgIpc) is 3.29. The van der Waals surface area contributed by atoms with E-state index in [1.54, 1.807) is 0 Å². The van der Waals surface area contributed by atoms with E-state index in [2.05, 4.69) is 169 Å². The Bertz CT molecular complexity index is 2450. The second kappa shape index (κ2) is 15.6. The summed E-state index contributed by atoms with van der Waals surface area (Å²) < 4.78 is 0. The monoisotopic (exact) mass is 788 g/mol. The summed E-state index contributed by atoms with van der Waals surface area (Å²) in [5, 5.41) is 0. The molecule has 2 atom stereocenters. The molecule has 0 aliphatic carbocycles. The predicted octanol–water partition coefficient (Wildman–Crippen LogP) is 10.2. The van der Waals surface area contributed by atoms with Gasteiger partial charge < -0.3 is 19.6 Å². The highest BCUT2D eigenvalue weighted by molar-refractivity contribution is 6.44. The van der Waals surface area contributed by atoms with Crippen LogP contribution in [0.5, 0.6) is 0 Å². The van der Waals surface area contributed by atoms with Gasteiger partial charge in [0.15, 0.2) is 5.78 Å². The van der Waals surface area contributed by atoms with Crippen molar-refractivity contribution < 1.29 is 4.79 Å². The standard InChI is InChI=1S/C53H52N6O/c1-35(2)58-45-23-27-54-31-43(45)47(51(49(58)39-17-7-5-8-18-39)56-29-25-37-15-11-13-21-41(37)33-56)53(60)48-44-32-55-28-24-46(44)59(36(3)4)50(40-19-9-6-10-20-40)52(48)57-30-26-38-16-12-14-22-42(38)34-57/h5-24,27-28,31-32,35-36,49-50H,25-26,29-30,33-34H2,1-4H3. The number of anilines is 2. The first-order valence-corrected chi connectivity index (χ1v) is 21.6. The number of pyridine rings is 2. The van der Waals surface area contributed by atoms with Crippen LogP contribution in [0.4, 0.5) is 11.4 Å². The van der Waals surface area contributed by atoms with Gasteiger partial charge in [0.05, 0.1) is 34.6 Å². The van der Waals surface area contributed by atoms with E-state index in [4.69, 9.17) is 9.97 Å². The highest BCUT2D eigenvalue weighted by Gasteiger charge is 2.46. The lowest BCUT2D eigenvalue weighted by atomic mass is 9.79. The fourth-order valence-electron chi connectivity index (χ4n) is 10.4. The molecule has 0 bridgehead atoms. The number of nitrogens with zero attached hydrogens (tertiary/aromatic N) is 6. The smallest absolute Gasteiger partial charge is 0.198 e. The van der Waals surface area contributed by atoms with Crippen molar-refractivity contribution in [3.05, 3.63) is 202 Å². The molecule has 7 nitrogen and oxygen atoms in total. The zero-order chi connectivity index (χ0) is 40.9. The Labute approximate surface area is 354 Å². The molecule has 0 spiro atoms. The maximum Gasteiger partial charge on any atom is 0.198 e. The van der Waals surface area contributed by atoms with Crippen molar-refractivity contribution in [1.29, 1.82) is 0 Å². The van der Waals surface area contributed by atoms with E-state index in [0.717, 1.165) is 82.1 Å². The van der Waals surface area contributed by atoms with E-state index in [1.165, 1.54) is 22.3 Å². The topological polar surface area (TPSA) is 55.8 Å². The van der Waals surface area contributed by atoms with Crippen molar-refractivity contribution in [2.75, 3.05) is 22.9 Å². The summed E-state index contributed by atoms with van der Waals surface area (Å²) in [6, 6.07) is 43.2. The molecule has 4 aliphatic rings. The van der Waals surface area contributed by atoms with E-state index in [9.17, 15) is 0 Å². The van der Waals surface area contributed by atoms with Gasteiger partial charge in [-0.2, -0.15) is 0 Å². The minimum Gasteiger partial charge on any atom is -0.368 e. The maximum absolute atomic E-state index is 16.9. The van der Waals surface area contributed by atoms with Crippen LogP contribution in [0.1, 0.15) is 84.3 Å². The number of carbonyl (C=O) groups excluding carboxylic acids is 1. The molecule has 2 unspecified atom stereocenters. The van der Waals surface area contributed by atoms with Crippen molar-refractivity contribution in [3.8, 4) is 0 Å². The number of rotatable bonds is 8. The van der Waals surface area contributed by atoms with Gasteiger partial charge in [-0.1, -0.05) is 109 Å². The molecule has 4 aliphatic heterocycles. The molecule has 6 heterocycles. The van der Waals surface area contributed by atoms with E-state index >= 15 is 4.79 Å². The molecule has 0 amide bonds. The highest BCUT2D eigenvalue weighted by Crippen LogP contribution is 2.53. The molecular weight excluding hydrogens is 737 g/mol. The summed E-state index contributed by atoms with van der Waals surface area (Å²) in [7, 11) is 0. The number of Topliss-reactive ketones (excluding diaryl/α,β-unsaturated/α-hetero) is 1. The van der Waals surface area contributed by atoms with E-state index in [0.29, 0.717) is 13.1 Å². The molecule has 0 saturated carbocycles. The number of aromatic nitrogens is 2. The minimum atomic E-state index is -0.217. The normalized spacial score (nSPS) is 18.7. The molecule has 2 aromatic heterocycles. The van der Waals surface area contributed by atoms with E-state index < -0.39 is 0 Å². The van der Waals surface area contributed by atoms with Gasteiger partial charge in [-0.15, -0.1) is 0 Å². The zero-order valence-electron chi connectivity index (χ0n) is 35.0. The van der Waals surface area contributed by atoms with Crippen LogP contribution in [-0.2, 0) is 30.7 Å². The Balaban J connectivity index is 1.30. The fraction of sp³-hybridized carbons (Fsp3) is 0.264. The molecule has 0 radical (unpaired) electrons. The number of fused-ring (bicyclic) bond motifs is 4. The lowest BCUT2D eigenvalue weighted by Gasteiger charge is -2.49. The highest BCUT2D eigenvalue weighted by atomic mass is 16.1. The number of hydrogen-bond donors (Lipinski definition) is 0. The van der Waals surface area contributed by atoms with Crippen LogP contribution in [0, 0.1) is 0 Å². The van der Waals surface area contributed by atoms with Crippen LogP contribution < -0.4 is 9.80 Å². The van der Waals surface area contributed by atoms with Gasteiger partial charge in [-0.25, -0.2) is 0 Å². The molecular formula is C53H52N6O. The fourth-order valence-corrected chi connectivity index (χ4v) is 10.4. The first-order valence-electron chi connectivity index (χ1n) is 21.6. The molecule has 60 heavy (non-hydrogen) atoms. The summed E-state index contributed by atoms with van der Waals surface area (Å²) >= 11 is 0. The SMILES string of the molecule is CC(C)N1c2ccncc2C(C(=O)C2=C(N3CCc4ccccc4C3)C(c3ccccc3)N(C(C)C)c3ccncc32)=C(N2CCc3ccccc3C2)C1c1ccccc1. The van der Waals surface area contributed by atoms with Gasteiger partial charge >= 0.3 is 0 Å². The molecule has 0 saturated heterocycles. The third-order valence-corrected chi connectivity index (χ3v) is 13.0. The maximum atomic E-state index is 16.9. The number of allylic oxidation sites excluding steroid dienone is 2. The van der Waals surface area contributed by atoms with Gasteiger partial charge in [0, 0.05) is 85.6 Å². The quantitative estimate of drug-likeness (QED) is 0.152. The first kappa shape index (κ1) is 37.8. The van der Waals surface area contributed by atoms with E-state index in [1.807, 2.05) is 24.8 Å². The van der Waals surface area contributed by atoms with Crippen molar-refractivity contribution in [2.45, 2.75) is 77.8 Å². The molecule has 10 rings (SSSR count). The van der Waals surface area contributed by atoms with Crippen molar-refractivity contribution >= 4 is 28.3 Å². The molecule has 0 fully saturated rings. The molecule has 300 valence electrons. The Morgan fingerprint density at radius 3 is 1.30 bits per heavy atom. The number of hydrogen-bond acceptors (Lipinski definition) is 7. The van der Waals surface area contributed by atoms with Crippen LogP contribution in [0.3, 0.4) is 0 Å². The van der Waals surface area contributed by atoms with Crippen molar-refractivity contribution in [2.24, 2.45) is 0 Å². The number of benzene rings is 4. The van der Waals surface area contributed by atoms with Crippen LogP contribution in [0.25, 0.3) is 11.1 Å². The summed E-state index contributed by atoms with van der Waals surface area (Å²) in [4.78, 5) is 36.5. The van der Waals surface area contributed by atoms with Gasteiger partial charge in [0.2, 0.25) is 0 Å². The number of ketones is 1. The second-order valence-electron chi connectivity index (χ2n) is 17.1. The average molecular weight is 789 g/mol. The predicted molar refractivity (Wildman–Crippen MR) is 242 cm³/mol. The van der Waals surface area contributed by atoms with Gasteiger partial charge in [0.25, 0.3) is 0 Å². The summed E-state index contributed by atoms with van der Waals surface area (Å²) in [6.45, 7) is 12.1. The molecule has 7 heteroatoms. The zero-order valence-corrected chi connectivity index (χ0v) is 35.0. The Morgan fingerprint density at radius 1 is 0.517 bits per heavy atom. The Morgan fingerprint density at radius 2 is 0.900 bits per heavy atom. The van der Waals surface area contributed by atoms with Crippen molar-refractivity contribution in [3.63, 3.8) is 0 Å². The largest absolute Gasteiger partial charge is 0.368 e. The van der Waals surface area contributed by atoms with Crippen LogP contribution in [-0.4, -0.2) is 50.7 Å². The summed E-state index contributed by atoms with van der Waals surface area (Å²) in [5.41, 5.74) is 15.0.